The number of hydrogen-bond donors (Lipinski definition) is 2. The lowest BCUT2D eigenvalue weighted by Crippen LogP contribution is -2.23. The van der Waals surface area contributed by atoms with Crippen molar-refractivity contribution in [2.24, 2.45) is 0 Å². The van der Waals surface area contributed by atoms with Gasteiger partial charge in [-0.05, 0) is 31.0 Å². The molecule has 0 atom stereocenters. The third-order valence-corrected chi connectivity index (χ3v) is 3.51. The van der Waals surface area contributed by atoms with Crippen LogP contribution in [0.5, 0.6) is 0 Å². The zero-order valence-corrected chi connectivity index (χ0v) is 14.3. The van der Waals surface area contributed by atoms with E-state index in [2.05, 4.69) is 20.6 Å². The normalized spacial score (nSPS) is 10.4. The van der Waals surface area contributed by atoms with Crippen LogP contribution in [0.1, 0.15) is 42.9 Å². The van der Waals surface area contributed by atoms with Gasteiger partial charge in [0.1, 0.15) is 11.6 Å². The summed E-state index contributed by atoms with van der Waals surface area (Å²) in [6.07, 6.45) is 4.42. The Labute approximate surface area is 145 Å². The lowest BCUT2D eigenvalue weighted by atomic mass is 10.0. The van der Waals surface area contributed by atoms with Crippen LogP contribution in [0, 0.1) is 5.82 Å². The lowest BCUT2D eigenvalue weighted by Gasteiger charge is -2.08. The number of nitrogens with zero attached hydrogens (tertiary/aromatic N) is 2. The van der Waals surface area contributed by atoms with Gasteiger partial charge in [0.05, 0.1) is 12.1 Å². The molecule has 6 nitrogen and oxygen atoms in total. The summed E-state index contributed by atoms with van der Waals surface area (Å²) in [5.41, 5.74) is 1.29. The largest absolute Gasteiger partial charge is 0.352 e. The third-order valence-electron chi connectivity index (χ3n) is 3.51. The van der Waals surface area contributed by atoms with E-state index in [0.717, 1.165) is 6.42 Å². The van der Waals surface area contributed by atoms with Crippen molar-refractivity contribution >= 4 is 11.8 Å². The van der Waals surface area contributed by atoms with E-state index in [4.69, 9.17) is 0 Å². The average Bonchev–Trinajstić information content (AvgIpc) is 2.61. The molecule has 1 aromatic heterocycles. The predicted octanol–water partition coefficient (Wildman–Crippen LogP) is 2.45. The summed E-state index contributed by atoms with van der Waals surface area (Å²) >= 11 is 0. The van der Waals surface area contributed by atoms with Gasteiger partial charge in [-0.1, -0.05) is 13.0 Å². The van der Waals surface area contributed by atoms with Gasteiger partial charge in [0, 0.05) is 30.9 Å². The first-order chi connectivity index (χ1) is 12.0. The number of benzene rings is 1. The summed E-state index contributed by atoms with van der Waals surface area (Å²) in [4.78, 5) is 31.7. The van der Waals surface area contributed by atoms with Crippen LogP contribution in [0.3, 0.4) is 0 Å². The van der Waals surface area contributed by atoms with E-state index in [1.165, 1.54) is 12.1 Å². The van der Waals surface area contributed by atoms with E-state index < -0.39 is 11.7 Å². The Balaban J connectivity index is 2.13. The highest BCUT2D eigenvalue weighted by molar-refractivity contribution is 5.95. The minimum Gasteiger partial charge on any atom is -0.352 e. The number of carbonyl (C=O) groups is 2. The Hall–Kier alpha value is -2.83. The number of nitrogens with one attached hydrogen (secondary N) is 2. The molecule has 0 spiro atoms. The first-order valence-electron chi connectivity index (χ1n) is 8.20. The summed E-state index contributed by atoms with van der Waals surface area (Å²) < 4.78 is 13.8. The van der Waals surface area contributed by atoms with Crippen LogP contribution in [0.15, 0.2) is 30.6 Å². The number of hydrogen-bond acceptors (Lipinski definition) is 4. The standard InChI is InChI=1S/C18H21FN4O2/c1-3-5-17(24)23-11-16-21-9-13(10-22-16)12-6-7-15(19)14(8-12)18(25)20-4-2/h6-10H,3-5,11H2,1-2H3,(H,20,25)(H,23,24). The Bertz CT molecular complexity index is 747. The first kappa shape index (κ1) is 18.5. The first-order valence-corrected chi connectivity index (χ1v) is 8.20. The minimum absolute atomic E-state index is 0.0183. The number of rotatable bonds is 7. The monoisotopic (exact) mass is 344 g/mol. The highest BCUT2D eigenvalue weighted by atomic mass is 19.1. The topological polar surface area (TPSA) is 84.0 Å². The fourth-order valence-electron chi connectivity index (χ4n) is 2.22. The van der Waals surface area contributed by atoms with Crippen LogP contribution in [-0.2, 0) is 11.3 Å². The molecule has 0 radical (unpaired) electrons. The molecule has 132 valence electrons. The SMILES string of the molecule is CCCC(=O)NCc1ncc(-c2ccc(F)c(C(=O)NCC)c2)cn1. The van der Waals surface area contributed by atoms with Crippen molar-refractivity contribution in [3.05, 3.63) is 47.8 Å². The summed E-state index contributed by atoms with van der Waals surface area (Å²) in [6.45, 7) is 4.38. The minimum atomic E-state index is -0.578. The van der Waals surface area contributed by atoms with Gasteiger partial charge in [-0.2, -0.15) is 0 Å². The van der Waals surface area contributed by atoms with E-state index in [0.29, 0.717) is 29.9 Å². The molecule has 0 unspecified atom stereocenters. The molecule has 0 aliphatic heterocycles. The Morgan fingerprint density at radius 3 is 2.44 bits per heavy atom. The summed E-state index contributed by atoms with van der Waals surface area (Å²) in [5, 5.41) is 5.32. The highest BCUT2D eigenvalue weighted by Gasteiger charge is 2.13. The van der Waals surface area contributed by atoms with Crippen LogP contribution in [0.4, 0.5) is 4.39 Å². The fraction of sp³-hybridized carbons (Fsp3) is 0.333. The second-order valence-electron chi connectivity index (χ2n) is 5.47. The quantitative estimate of drug-likeness (QED) is 0.808. The summed E-state index contributed by atoms with van der Waals surface area (Å²) in [7, 11) is 0. The van der Waals surface area contributed by atoms with Gasteiger partial charge in [-0.25, -0.2) is 14.4 Å². The molecule has 2 amide bonds. The molecule has 0 fully saturated rings. The maximum absolute atomic E-state index is 13.8. The molecule has 0 bridgehead atoms. The summed E-state index contributed by atoms with van der Waals surface area (Å²) in [6, 6.07) is 4.29. The molecule has 1 heterocycles. The van der Waals surface area contributed by atoms with Gasteiger partial charge in [0.2, 0.25) is 5.91 Å². The van der Waals surface area contributed by atoms with Crippen LogP contribution >= 0.6 is 0 Å². The molecule has 7 heteroatoms. The Morgan fingerprint density at radius 2 is 1.80 bits per heavy atom. The van der Waals surface area contributed by atoms with Gasteiger partial charge in [-0.3, -0.25) is 9.59 Å². The van der Waals surface area contributed by atoms with Gasteiger partial charge < -0.3 is 10.6 Å². The van der Waals surface area contributed by atoms with E-state index in [9.17, 15) is 14.0 Å². The van der Waals surface area contributed by atoms with E-state index in [1.54, 1.807) is 25.4 Å². The molecule has 2 aromatic rings. The van der Waals surface area contributed by atoms with E-state index in [-0.39, 0.29) is 18.0 Å². The van der Waals surface area contributed by atoms with Gasteiger partial charge in [0.25, 0.3) is 5.91 Å². The third kappa shape index (κ3) is 5.07. The number of halogens is 1. The molecule has 1 aromatic carbocycles. The van der Waals surface area contributed by atoms with Crippen molar-refractivity contribution in [3.8, 4) is 11.1 Å². The molecule has 2 rings (SSSR count). The van der Waals surface area contributed by atoms with Crippen molar-refractivity contribution < 1.29 is 14.0 Å². The van der Waals surface area contributed by atoms with E-state index >= 15 is 0 Å². The molecular weight excluding hydrogens is 323 g/mol. The second-order valence-corrected chi connectivity index (χ2v) is 5.47. The van der Waals surface area contributed by atoms with Crippen molar-refractivity contribution in [2.75, 3.05) is 6.54 Å². The number of carbonyl (C=O) groups excluding carboxylic acids is 2. The van der Waals surface area contributed by atoms with Crippen LogP contribution in [0.25, 0.3) is 11.1 Å². The van der Waals surface area contributed by atoms with Crippen LogP contribution in [0.2, 0.25) is 0 Å². The zero-order chi connectivity index (χ0) is 18.2. The van der Waals surface area contributed by atoms with Crippen molar-refractivity contribution in [1.29, 1.82) is 0 Å². The molecule has 25 heavy (non-hydrogen) atoms. The summed E-state index contributed by atoms with van der Waals surface area (Å²) in [5.74, 6) is -0.594. The molecule has 0 aliphatic rings. The maximum atomic E-state index is 13.8. The van der Waals surface area contributed by atoms with Crippen LogP contribution in [-0.4, -0.2) is 28.3 Å². The molecular formula is C18H21FN4O2. The van der Waals surface area contributed by atoms with Crippen molar-refractivity contribution in [3.63, 3.8) is 0 Å². The second kappa shape index (κ2) is 8.86. The number of amides is 2. The smallest absolute Gasteiger partial charge is 0.254 e. The van der Waals surface area contributed by atoms with Crippen molar-refractivity contribution in [2.45, 2.75) is 33.2 Å². The zero-order valence-electron chi connectivity index (χ0n) is 14.3. The van der Waals surface area contributed by atoms with Crippen LogP contribution < -0.4 is 10.6 Å². The molecule has 0 saturated heterocycles. The fourth-order valence-corrected chi connectivity index (χ4v) is 2.22. The van der Waals surface area contributed by atoms with E-state index in [1.807, 2.05) is 6.92 Å². The van der Waals surface area contributed by atoms with Crippen molar-refractivity contribution in [1.82, 2.24) is 20.6 Å². The molecule has 2 N–H and O–H groups in total. The molecule has 0 saturated carbocycles. The predicted molar refractivity (Wildman–Crippen MR) is 92.2 cm³/mol. The number of aromatic nitrogens is 2. The average molecular weight is 344 g/mol. The molecule has 0 aliphatic carbocycles. The van der Waals surface area contributed by atoms with Gasteiger partial charge in [0.15, 0.2) is 0 Å². The lowest BCUT2D eigenvalue weighted by molar-refractivity contribution is -0.121. The van der Waals surface area contributed by atoms with Gasteiger partial charge >= 0.3 is 0 Å². The Morgan fingerprint density at radius 1 is 1.08 bits per heavy atom. The highest BCUT2D eigenvalue weighted by Crippen LogP contribution is 2.21. The Kier molecular flexibility index (Phi) is 6.56. The maximum Gasteiger partial charge on any atom is 0.254 e. The van der Waals surface area contributed by atoms with Gasteiger partial charge in [-0.15, -0.1) is 0 Å².